The van der Waals surface area contributed by atoms with Gasteiger partial charge in [0.1, 0.15) is 5.75 Å². The number of hydrogen-bond donors (Lipinski definition) is 0. The van der Waals surface area contributed by atoms with Crippen LogP contribution in [0, 0.1) is 12.3 Å². The summed E-state index contributed by atoms with van der Waals surface area (Å²) in [7, 11) is 0. The number of terminal acetylenes is 1. The molecule has 0 atom stereocenters. The normalized spacial score (nSPS) is 11.6. The van der Waals surface area contributed by atoms with Gasteiger partial charge in [-0.1, -0.05) is 37.8 Å². The maximum absolute atomic E-state index is 5.84. The third-order valence-electron chi connectivity index (χ3n) is 4.04. The zero-order valence-corrected chi connectivity index (χ0v) is 12.5. The maximum atomic E-state index is 5.84. The van der Waals surface area contributed by atoms with Gasteiger partial charge in [-0.25, -0.2) is 0 Å². The van der Waals surface area contributed by atoms with Gasteiger partial charge in [0.25, 0.3) is 0 Å². The molecule has 0 N–H and O–H groups in total. The number of fused-ring (bicyclic) bond motifs is 3. The van der Waals surface area contributed by atoms with Crippen LogP contribution in [0.15, 0.2) is 36.4 Å². The van der Waals surface area contributed by atoms with Crippen molar-refractivity contribution < 1.29 is 4.74 Å². The Hall–Kier alpha value is -2.20. The van der Waals surface area contributed by atoms with Gasteiger partial charge in [0, 0.05) is 5.56 Å². The summed E-state index contributed by atoms with van der Waals surface area (Å²) in [6.45, 7) is 3.01. The van der Waals surface area contributed by atoms with Crippen LogP contribution in [0.25, 0.3) is 11.1 Å². The topological polar surface area (TPSA) is 9.23 Å². The Bertz CT molecular complexity index is 691. The van der Waals surface area contributed by atoms with Gasteiger partial charge in [-0.05, 0) is 59.4 Å². The predicted octanol–water partition coefficient (Wildman–Crippen LogP) is 4.81. The molecule has 0 spiro atoms. The third-order valence-corrected chi connectivity index (χ3v) is 4.04. The van der Waals surface area contributed by atoms with Crippen molar-refractivity contribution in [3.05, 3.63) is 53.1 Å². The van der Waals surface area contributed by atoms with Gasteiger partial charge >= 0.3 is 0 Å². The molecule has 0 fully saturated rings. The lowest BCUT2D eigenvalue weighted by molar-refractivity contribution is 0.306. The Morgan fingerprint density at radius 3 is 2.57 bits per heavy atom. The molecule has 1 aliphatic rings. The quantitative estimate of drug-likeness (QED) is 0.480. The fourth-order valence-electron chi connectivity index (χ4n) is 2.91. The lowest BCUT2D eigenvalue weighted by Crippen LogP contribution is -1.97. The zero-order valence-electron chi connectivity index (χ0n) is 12.5. The second-order valence-corrected chi connectivity index (χ2v) is 5.57. The highest BCUT2D eigenvalue weighted by atomic mass is 16.5. The predicted molar refractivity (Wildman–Crippen MR) is 87.6 cm³/mol. The SMILES string of the molecule is C#Cc1ccc2c(c1)Cc1cc(OCCCCC)ccc1-2. The molecule has 0 unspecified atom stereocenters. The minimum Gasteiger partial charge on any atom is -0.494 e. The van der Waals surface area contributed by atoms with E-state index in [9.17, 15) is 0 Å². The standard InChI is InChI=1S/C20H20O/c1-3-5-6-11-21-18-8-10-20-17(14-18)13-16-12-15(4-2)7-9-19(16)20/h2,7-10,12,14H,3,5-6,11,13H2,1H3. The molecule has 106 valence electrons. The Balaban J connectivity index is 1.78. The lowest BCUT2D eigenvalue weighted by atomic mass is 10.0. The molecule has 0 bridgehead atoms. The van der Waals surface area contributed by atoms with Crippen LogP contribution in [-0.2, 0) is 6.42 Å². The highest BCUT2D eigenvalue weighted by Gasteiger charge is 2.18. The minimum atomic E-state index is 0.806. The number of benzene rings is 2. The molecule has 0 saturated carbocycles. The molecule has 1 nitrogen and oxygen atoms in total. The first-order chi connectivity index (χ1) is 10.3. The fourth-order valence-corrected chi connectivity index (χ4v) is 2.91. The molecule has 2 aromatic rings. The van der Waals surface area contributed by atoms with Crippen molar-refractivity contribution in [1.29, 1.82) is 0 Å². The van der Waals surface area contributed by atoms with Crippen LogP contribution in [0.3, 0.4) is 0 Å². The second-order valence-electron chi connectivity index (χ2n) is 5.57. The van der Waals surface area contributed by atoms with Crippen LogP contribution in [0.1, 0.15) is 42.9 Å². The van der Waals surface area contributed by atoms with E-state index in [1.807, 2.05) is 6.07 Å². The van der Waals surface area contributed by atoms with Crippen LogP contribution in [0.5, 0.6) is 5.75 Å². The molecule has 0 heterocycles. The van der Waals surface area contributed by atoms with Crippen LogP contribution in [0.2, 0.25) is 0 Å². The van der Waals surface area contributed by atoms with Crippen molar-refractivity contribution in [3.63, 3.8) is 0 Å². The molecule has 1 heteroatoms. The van der Waals surface area contributed by atoms with Gasteiger partial charge in [-0.2, -0.15) is 0 Å². The largest absolute Gasteiger partial charge is 0.494 e. The summed E-state index contributed by atoms with van der Waals surface area (Å²) in [5, 5.41) is 0. The van der Waals surface area contributed by atoms with Crippen molar-refractivity contribution in [3.8, 4) is 29.2 Å². The van der Waals surface area contributed by atoms with E-state index in [0.717, 1.165) is 30.8 Å². The van der Waals surface area contributed by atoms with E-state index in [-0.39, 0.29) is 0 Å². The minimum absolute atomic E-state index is 0.806. The third kappa shape index (κ3) is 2.81. The maximum Gasteiger partial charge on any atom is 0.119 e. The summed E-state index contributed by atoms with van der Waals surface area (Å²) in [5.74, 6) is 3.69. The van der Waals surface area contributed by atoms with Gasteiger partial charge in [-0.3, -0.25) is 0 Å². The summed E-state index contributed by atoms with van der Waals surface area (Å²) in [4.78, 5) is 0. The van der Waals surface area contributed by atoms with Crippen LogP contribution in [0.4, 0.5) is 0 Å². The average molecular weight is 276 g/mol. The first-order valence-corrected chi connectivity index (χ1v) is 7.67. The Morgan fingerprint density at radius 1 is 1.05 bits per heavy atom. The second kappa shape index (κ2) is 6.06. The van der Waals surface area contributed by atoms with Crippen molar-refractivity contribution >= 4 is 0 Å². The Labute approximate surface area is 127 Å². The Morgan fingerprint density at radius 2 is 1.81 bits per heavy atom. The highest BCUT2D eigenvalue weighted by molar-refractivity contribution is 5.78. The number of rotatable bonds is 5. The van der Waals surface area contributed by atoms with Crippen LogP contribution in [-0.4, -0.2) is 6.61 Å². The molecule has 0 aliphatic heterocycles. The van der Waals surface area contributed by atoms with Crippen molar-refractivity contribution in [2.45, 2.75) is 32.6 Å². The molecule has 2 aromatic carbocycles. The highest BCUT2D eigenvalue weighted by Crippen LogP contribution is 2.38. The fraction of sp³-hybridized carbons (Fsp3) is 0.300. The van der Waals surface area contributed by atoms with Crippen LogP contribution < -0.4 is 4.74 Å². The van der Waals surface area contributed by atoms with Gasteiger partial charge in [-0.15, -0.1) is 6.42 Å². The van der Waals surface area contributed by atoms with E-state index in [1.54, 1.807) is 0 Å². The lowest BCUT2D eigenvalue weighted by Gasteiger charge is -2.08. The monoisotopic (exact) mass is 276 g/mol. The van der Waals surface area contributed by atoms with E-state index in [0.29, 0.717) is 0 Å². The number of unbranched alkanes of at least 4 members (excludes halogenated alkanes) is 2. The number of ether oxygens (including phenoxy) is 1. The average Bonchev–Trinajstić information content (AvgIpc) is 2.88. The number of hydrogen-bond acceptors (Lipinski definition) is 1. The molecule has 1 aliphatic carbocycles. The van der Waals surface area contributed by atoms with E-state index in [2.05, 4.69) is 43.2 Å². The summed E-state index contributed by atoms with van der Waals surface area (Å²) in [5.41, 5.74) is 6.24. The first kappa shape index (κ1) is 13.8. The molecule has 0 aromatic heterocycles. The molecule has 0 amide bonds. The molecule has 0 saturated heterocycles. The summed E-state index contributed by atoms with van der Waals surface area (Å²) < 4.78 is 5.84. The van der Waals surface area contributed by atoms with E-state index >= 15 is 0 Å². The van der Waals surface area contributed by atoms with Gasteiger partial charge in [0.05, 0.1) is 6.61 Å². The smallest absolute Gasteiger partial charge is 0.119 e. The summed E-state index contributed by atoms with van der Waals surface area (Å²) in [6, 6.07) is 12.7. The van der Waals surface area contributed by atoms with Crippen molar-refractivity contribution in [2.75, 3.05) is 6.61 Å². The molecule has 21 heavy (non-hydrogen) atoms. The molecular weight excluding hydrogens is 256 g/mol. The van der Waals surface area contributed by atoms with Crippen LogP contribution >= 0.6 is 0 Å². The van der Waals surface area contributed by atoms with Crippen molar-refractivity contribution in [1.82, 2.24) is 0 Å². The van der Waals surface area contributed by atoms with Gasteiger partial charge in [0.2, 0.25) is 0 Å². The van der Waals surface area contributed by atoms with E-state index in [1.165, 1.54) is 35.1 Å². The van der Waals surface area contributed by atoms with Gasteiger partial charge < -0.3 is 4.74 Å². The molecular formula is C20H20O. The van der Waals surface area contributed by atoms with Crippen molar-refractivity contribution in [2.24, 2.45) is 0 Å². The molecule has 0 radical (unpaired) electrons. The summed E-state index contributed by atoms with van der Waals surface area (Å²) in [6.07, 6.45) is 10.0. The first-order valence-electron chi connectivity index (χ1n) is 7.67. The molecule has 3 rings (SSSR count). The zero-order chi connectivity index (χ0) is 14.7. The van der Waals surface area contributed by atoms with Gasteiger partial charge in [0.15, 0.2) is 0 Å². The Kier molecular flexibility index (Phi) is 3.97. The van der Waals surface area contributed by atoms with E-state index in [4.69, 9.17) is 11.2 Å². The summed E-state index contributed by atoms with van der Waals surface area (Å²) >= 11 is 0. The van der Waals surface area contributed by atoms with E-state index < -0.39 is 0 Å².